The standard InChI is InChI=1S/C14H12O5/c1-19-14(18)9-4-2-8(3-5-9)10-6-11(15)13(17)12(16)7-10/h2-7,15-17H,1H3. The topological polar surface area (TPSA) is 87.0 Å². The predicted molar refractivity (Wildman–Crippen MR) is 68.2 cm³/mol. The molecule has 0 atom stereocenters. The Bertz CT molecular complexity index is 593. The fraction of sp³-hybridized carbons (Fsp3) is 0.0714. The van der Waals surface area contributed by atoms with E-state index in [1.54, 1.807) is 24.3 Å². The maximum atomic E-state index is 11.3. The number of rotatable bonds is 2. The van der Waals surface area contributed by atoms with E-state index >= 15 is 0 Å². The lowest BCUT2D eigenvalue weighted by molar-refractivity contribution is 0.0600. The molecule has 0 heterocycles. The van der Waals surface area contributed by atoms with Crippen molar-refractivity contribution in [2.24, 2.45) is 0 Å². The van der Waals surface area contributed by atoms with Crippen LogP contribution in [0.15, 0.2) is 36.4 Å². The number of esters is 1. The van der Waals surface area contributed by atoms with Gasteiger partial charge in [0.15, 0.2) is 17.2 Å². The number of benzene rings is 2. The van der Waals surface area contributed by atoms with Crippen LogP contribution in [0.5, 0.6) is 17.2 Å². The Balaban J connectivity index is 2.40. The molecule has 0 aromatic heterocycles. The summed E-state index contributed by atoms with van der Waals surface area (Å²) in [6.45, 7) is 0. The molecular weight excluding hydrogens is 248 g/mol. The molecule has 0 bridgehead atoms. The van der Waals surface area contributed by atoms with Crippen LogP contribution in [0.3, 0.4) is 0 Å². The van der Waals surface area contributed by atoms with Gasteiger partial charge in [0, 0.05) is 0 Å². The first-order chi connectivity index (χ1) is 9.02. The van der Waals surface area contributed by atoms with Crippen LogP contribution in [0.4, 0.5) is 0 Å². The van der Waals surface area contributed by atoms with Gasteiger partial charge in [0.2, 0.25) is 0 Å². The first kappa shape index (κ1) is 12.8. The van der Waals surface area contributed by atoms with E-state index in [1.165, 1.54) is 19.2 Å². The van der Waals surface area contributed by atoms with Gasteiger partial charge in [-0.15, -0.1) is 0 Å². The maximum absolute atomic E-state index is 11.3. The lowest BCUT2D eigenvalue weighted by Gasteiger charge is -2.07. The maximum Gasteiger partial charge on any atom is 0.337 e. The summed E-state index contributed by atoms with van der Waals surface area (Å²) in [5.74, 6) is -1.82. The number of phenolic OH excluding ortho intramolecular Hbond substituents is 3. The lowest BCUT2D eigenvalue weighted by atomic mass is 10.0. The van der Waals surface area contributed by atoms with Crippen LogP contribution in [0, 0.1) is 0 Å². The van der Waals surface area contributed by atoms with Crippen LogP contribution in [0.2, 0.25) is 0 Å². The van der Waals surface area contributed by atoms with Crippen molar-refractivity contribution in [2.45, 2.75) is 0 Å². The Morgan fingerprint density at radius 3 is 1.95 bits per heavy atom. The van der Waals surface area contributed by atoms with Gasteiger partial charge in [-0.05, 0) is 35.4 Å². The van der Waals surface area contributed by atoms with E-state index in [9.17, 15) is 20.1 Å². The SMILES string of the molecule is COC(=O)c1ccc(-c2cc(O)c(O)c(O)c2)cc1. The predicted octanol–water partition coefficient (Wildman–Crippen LogP) is 2.26. The minimum Gasteiger partial charge on any atom is -0.504 e. The Hall–Kier alpha value is -2.69. The van der Waals surface area contributed by atoms with Crippen LogP contribution < -0.4 is 0 Å². The third kappa shape index (κ3) is 2.44. The molecule has 0 fully saturated rings. The molecule has 0 radical (unpaired) electrons. The Kier molecular flexibility index (Phi) is 3.29. The van der Waals surface area contributed by atoms with Crippen molar-refractivity contribution in [1.82, 2.24) is 0 Å². The highest BCUT2D eigenvalue weighted by molar-refractivity contribution is 5.90. The summed E-state index contributed by atoms with van der Waals surface area (Å²) in [6, 6.07) is 9.09. The van der Waals surface area contributed by atoms with Gasteiger partial charge in [-0.1, -0.05) is 12.1 Å². The summed E-state index contributed by atoms with van der Waals surface area (Å²) < 4.78 is 4.58. The Morgan fingerprint density at radius 1 is 0.947 bits per heavy atom. The quantitative estimate of drug-likeness (QED) is 0.569. The Morgan fingerprint density at radius 2 is 1.47 bits per heavy atom. The largest absolute Gasteiger partial charge is 0.504 e. The Labute approximate surface area is 109 Å². The number of carbonyl (C=O) groups is 1. The third-order valence-electron chi connectivity index (χ3n) is 2.71. The highest BCUT2D eigenvalue weighted by Crippen LogP contribution is 2.38. The monoisotopic (exact) mass is 260 g/mol. The molecule has 0 aliphatic heterocycles. The van der Waals surface area contributed by atoms with E-state index in [0.29, 0.717) is 16.7 Å². The number of carbonyl (C=O) groups excluding carboxylic acids is 1. The molecule has 5 heteroatoms. The summed E-state index contributed by atoms with van der Waals surface area (Å²) in [7, 11) is 1.30. The van der Waals surface area contributed by atoms with Crippen LogP contribution >= 0.6 is 0 Å². The average Bonchev–Trinajstić information content (AvgIpc) is 2.43. The van der Waals surface area contributed by atoms with Crippen LogP contribution in [-0.2, 0) is 4.74 Å². The van der Waals surface area contributed by atoms with Gasteiger partial charge in [-0.2, -0.15) is 0 Å². The zero-order valence-electron chi connectivity index (χ0n) is 10.1. The van der Waals surface area contributed by atoms with E-state index < -0.39 is 23.2 Å². The van der Waals surface area contributed by atoms with Gasteiger partial charge in [0.1, 0.15) is 0 Å². The summed E-state index contributed by atoms with van der Waals surface area (Å²) >= 11 is 0. The van der Waals surface area contributed by atoms with E-state index in [2.05, 4.69) is 4.74 Å². The van der Waals surface area contributed by atoms with Crippen molar-refractivity contribution >= 4 is 5.97 Å². The average molecular weight is 260 g/mol. The molecule has 0 amide bonds. The van der Waals surface area contributed by atoms with Crippen molar-refractivity contribution in [3.8, 4) is 28.4 Å². The molecule has 19 heavy (non-hydrogen) atoms. The second-order valence-corrected chi connectivity index (χ2v) is 3.93. The van der Waals surface area contributed by atoms with E-state index in [1.807, 2.05) is 0 Å². The number of hydrogen-bond acceptors (Lipinski definition) is 5. The fourth-order valence-corrected chi connectivity index (χ4v) is 1.69. The summed E-state index contributed by atoms with van der Waals surface area (Å²) in [5, 5.41) is 28.1. The minimum atomic E-state index is -0.560. The molecule has 0 saturated carbocycles. The summed E-state index contributed by atoms with van der Waals surface area (Å²) in [5.41, 5.74) is 1.60. The zero-order chi connectivity index (χ0) is 14.0. The van der Waals surface area contributed by atoms with Crippen molar-refractivity contribution in [3.63, 3.8) is 0 Å². The van der Waals surface area contributed by atoms with Gasteiger partial charge in [0.25, 0.3) is 0 Å². The van der Waals surface area contributed by atoms with E-state index in [4.69, 9.17) is 0 Å². The van der Waals surface area contributed by atoms with E-state index in [0.717, 1.165) is 0 Å². The number of ether oxygens (including phenoxy) is 1. The molecule has 2 aromatic carbocycles. The minimum absolute atomic E-state index is 0.401. The molecule has 5 nitrogen and oxygen atoms in total. The van der Waals surface area contributed by atoms with Gasteiger partial charge >= 0.3 is 5.97 Å². The van der Waals surface area contributed by atoms with Crippen LogP contribution in [-0.4, -0.2) is 28.4 Å². The lowest BCUT2D eigenvalue weighted by Crippen LogP contribution is -2.00. The highest BCUT2D eigenvalue weighted by Gasteiger charge is 2.10. The molecule has 0 unspecified atom stereocenters. The molecule has 98 valence electrons. The van der Waals surface area contributed by atoms with E-state index in [-0.39, 0.29) is 0 Å². The summed E-state index contributed by atoms with van der Waals surface area (Å²) in [6.07, 6.45) is 0. The molecule has 2 aromatic rings. The third-order valence-corrected chi connectivity index (χ3v) is 2.71. The normalized spacial score (nSPS) is 10.2. The number of methoxy groups -OCH3 is 1. The van der Waals surface area contributed by atoms with Gasteiger partial charge in [-0.3, -0.25) is 0 Å². The second-order valence-electron chi connectivity index (χ2n) is 3.93. The smallest absolute Gasteiger partial charge is 0.337 e. The van der Waals surface area contributed by atoms with Crippen LogP contribution in [0.1, 0.15) is 10.4 Å². The molecule has 0 aliphatic carbocycles. The molecular formula is C14H12O5. The van der Waals surface area contributed by atoms with Crippen molar-refractivity contribution in [2.75, 3.05) is 7.11 Å². The number of hydrogen-bond donors (Lipinski definition) is 3. The highest BCUT2D eigenvalue weighted by atomic mass is 16.5. The van der Waals surface area contributed by atoms with Gasteiger partial charge < -0.3 is 20.1 Å². The van der Waals surface area contributed by atoms with Crippen molar-refractivity contribution in [1.29, 1.82) is 0 Å². The van der Waals surface area contributed by atoms with Crippen molar-refractivity contribution < 1.29 is 24.9 Å². The van der Waals surface area contributed by atoms with Crippen LogP contribution in [0.25, 0.3) is 11.1 Å². The number of phenols is 3. The summed E-state index contributed by atoms with van der Waals surface area (Å²) in [4.78, 5) is 11.3. The molecule has 0 saturated heterocycles. The molecule has 2 rings (SSSR count). The van der Waals surface area contributed by atoms with Gasteiger partial charge in [0.05, 0.1) is 12.7 Å². The zero-order valence-corrected chi connectivity index (χ0v) is 10.1. The molecule has 0 aliphatic rings. The first-order valence-electron chi connectivity index (χ1n) is 5.46. The number of aromatic hydroxyl groups is 3. The van der Waals surface area contributed by atoms with Gasteiger partial charge in [-0.25, -0.2) is 4.79 Å². The first-order valence-corrected chi connectivity index (χ1v) is 5.46. The fourth-order valence-electron chi connectivity index (χ4n) is 1.69. The van der Waals surface area contributed by atoms with Crippen molar-refractivity contribution in [3.05, 3.63) is 42.0 Å². The molecule has 3 N–H and O–H groups in total. The second kappa shape index (κ2) is 4.89. The molecule has 0 spiro atoms.